The Kier molecular flexibility index (Phi) is 4.31. The molecule has 1 fully saturated rings. The van der Waals surface area contributed by atoms with Gasteiger partial charge in [-0.1, -0.05) is 42.2 Å². The molecular formula is C16H14N2O2S2. The molecule has 2 aromatic carbocycles. The van der Waals surface area contributed by atoms with E-state index in [9.17, 15) is 9.90 Å². The summed E-state index contributed by atoms with van der Waals surface area (Å²) in [6.07, 6.45) is 0. The lowest BCUT2D eigenvalue weighted by atomic mass is 10.2. The van der Waals surface area contributed by atoms with Gasteiger partial charge in [0.25, 0.3) is 0 Å². The van der Waals surface area contributed by atoms with Crippen molar-refractivity contribution in [3.05, 3.63) is 54.6 Å². The molecule has 0 saturated carbocycles. The molecule has 2 aromatic rings. The van der Waals surface area contributed by atoms with Crippen molar-refractivity contribution in [1.29, 1.82) is 0 Å². The largest absolute Gasteiger partial charge is 0.508 e. The van der Waals surface area contributed by atoms with Crippen LogP contribution >= 0.6 is 24.0 Å². The number of thioether (sulfide) groups is 1. The van der Waals surface area contributed by atoms with Crippen LogP contribution in [-0.2, 0) is 4.79 Å². The summed E-state index contributed by atoms with van der Waals surface area (Å²) in [5.74, 6) is 0.209. The molecule has 22 heavy (non-hydrogen) atoms. The van der Waals surface area contributed by atoms with Crippen molar-refractivity contribution in [2.45, 2.75) is 5.25 Å². The summed E-state index contributed by atoms with van der Waals surface area (Å²) in [7, 11) is 0. The minimum absolute atomic E-state index is 0.00696. The topological polar surface area (TPSA) is 52.6 Å². The number of carbonyl (C=O) groups is 1. The van der Waals surface area contributed by atoms with Gasteiger partial charge in [-0.25, -0.2) is 0 Å². The zero-order chi connectivity index (χ0) is 15.5. The van der Waals surface area contributed by atoms with Crippen molar-refractivity contribution in [3.63, 3.8) is 0 Å². The third-order valence-electron chi connectivity index (χ3n) is 3.29. The second-order valence-corrected chi connectivity index (χ2v) is 6.65. The highest BCUT2D eigenvalue weighted by molar-refractivity contribution is 8.25. The lowest BCUT2D eigenvalue weighted by molar-refractivity contribution is -0.116. The summed E-state index contributed by atoms with van der Waals surface area (Å²) < 4.78 is 0.578. The number of hydrogen-bond donors (Lipinski definition) is 2. The number of phenolic OH excluding ortho intramolecular Hbond substituents is 1. The molecule has 1 unspecified atom stereocenters. The molecule has 3 rings (SSSR count). The van der Waals surface area contributed by atoms with Gasteiger partial charge in [0, 0.05) is 12.2 Å². The monoisotopic (exact) mass is 330 g/mol. The van der Waals surface area contributed by atoms with Crippen molar-refractivity contribution in [2.24, 2.45) is 0 Å². The van der Waals surface area contributed by atoms with Crippen molar-refractivity contribution < 1.29 is 9.90 Å². The summed E-state index contributed by atoms with van der Waals surface area (Å²) >= 11 is 6.73. The SMILES string of the molecule is O=C1C(CNc2ccc(O)cc2)SC(=S)N1c1ccccc1. The lowest BCUT2D eigenvalue weighted by Crippen LogP contribution is -2.33. The van der Waals surface area contributed by atoms with Gasteiger partial charge in [0.1, 0.15) is 15.3 Å². The fraction of sp³-hybridized carbons (Fsp3) is 0.125. The van der Waals surface area contributed by atoms with E-state index in [4.69, 9.17) is 12.2 Å². The zero-order valence-corrected chi connectivity index (χ0v) is 13.2. The van der Waals surface area contributed by atoms with Crippen LogP contribution < -0.4 is 10.2 Å². The Morgan fingerprint density at radius 2 is 1.82 bits per heavy atom. The summed E-state index contributed by atoms with van der Waals surface area (Å²) in [5, 5.41) is 12.2. The van der Waals surface area contributed by atoms with E-state index in [1.165, 1.54) is 11.8 Å². The van der Waals surface area contributed by atoms with E-state index in [-0.39, 0.29) is 16.9 Å². The molecule has 2 N–H and O–H groups in total. The Labute approximate surface area is 138 Å². The summed E-state index contributed by atoms with van der Waals surface area (Å²) in [4.78, 5) is 14.1. The number of nitrogens with zero attached hydrogens (tertiary/aromatic N) is 1. The van der Waals surface area contributed by atoms with Crippen molar-refractivity contribution in [3.8, 4) is 5.75 Å². The molecule has 1 aliphatic heterocycles. The fourth-order valence-corrected chi connectivity index (χ4v) is 3.65. The number of phenols is 1. The highest BCUT2D eigenvalue weighted by Gasteiger charge is 2.37. The van der Waals surface area contributed by atoms with Crippen LogP contribution in [0.15, 0.2) is 54.6 Å². The molecule has 0 spiro atoms. The van der Waals surface area contributed by atoms with Crippen LogP contribution in [0.3, 0.4) is 0 Å². The van der Waals surface area contributed by atoms with Crippen LogP contribution in [0, 0.1) is 0 Å². The molecule has 0 bridgehead atoms. The van der Waals surface area contributed by atoms with Gasteiger partial charge in [0.15, 0.2) is 0 Å². The highest BCUT2D eigenvalue weighted by Crippen LogP contribution is 2.32. The van der Waals surface area contributed by atoms with Gasteiger partial charge in [-0.15, -0.1) is 0 Å². The van der Waals surface area contributed by atoms with Crippen molar-refractivity contribution >= 4 is 45.6 Å². The van der Waals surface area contributed by atoms with Gasteiger partial charge in [0.2, 0.25) is 5.91 Å². The molecule has 1 heterocycles. The van der Waals surface area contributed by atoms with Crippen LogP contribution in [-0.4, -0.2) is 27.1 Å². The summed E-state index contributed by atoms with van der Waals surface area (Å²) in [6.45, 7) is 0.484. The summed E-state index contributed by atoms with van der Waals surface area (Å²) in [6, 6.07) is 16.2. The molecule has 0 aliphatic carbocycles. The molecule has 4 nitrogen and oxygen atoms in total. The molecule has 112 valence electrons. The number of rotatable bonds is 4. The first-order valence-electron chi connectivity index (χ1n) is 6.78. The average Bonchev–Trinajstić information content (AvgIpc) is 2.82. The lowest BCUT2D eigenvalue weighted by Gasteiger charge is -2.15. The van der Waals surface area contributed by atoms with Gasteiger partial charge in [-0.3, -0.25) is 9.69 Å². The smallest absolute Gasteiger partial charge is 0.247 e. The third-order valence-corrected chi connectivity index (χ3v) is 4.80. The Hall–Kier alpha value is -2.05. The molecule has 1 saturated heterocycles. The van der Waals surface area contributed by atoms with Crippen LogP contribution in [0.2, 0.25) is 0 Å². The predicted molar refractivity (Wildman–Crippen MR) is 94.5 cm³/mol. The van der Waals surface area contributed by atoms with Gasteiger partial charge < -0.3 is 10.4 Å². The van der Waals surface area contributed by atoms with Gasteiger partial charge in [0.05, 0.1) is 5.69 Å². The minimum Gasteiger partial charge on any atom is -0.508 e. The Balaban J connectivity index is 1.68. The number of para-hydroxylation sites is 1. The quantitative estimate of drug-likeness (QED) is 0.666. The van der Waals surface area contributed by atoms with E-state index < -0.39 is 0 Å². The maximum Gasteiger partial charge on any atom is 0.247 e. The Bertz CT molecular complexity index is 689. The standard InChI is InChI=1S/C16H14N2O2S2/c19-13-8-6-11(7-9-13)17-10-14-15(20)18(16(21)22-14)12-4-2-1-3-5-12/h1-9,14,17,19H,10H2. The molecule has 6 heteroatoms. The number of nitrogens with one attached hydrogen (secondary N) is 1. The molecule has 0 radical (unpaired) electrons. The number of anilines is 2. The van der Waals surface area contributed by atoms with Crippen molar-refractivity contribution in [2.75, 3.05) is 16.8 Å². The van der Waals surface area contributed by atoms with Crippen LogP contribution in [0.4, 0.5) is 11.4 Å². The first-order valence-corrected chi connectivity index (χ1v) is 8.06. The second kappa shape index (κ2) is 6.37. The van der Waals surface area contributed by atoms with Crippen LogP contribution in [0.25, 0.3) is 0 Å². The molecule has 1 amide bonds. The number of amides is 1. The fourth-order valence-electron chi connectivity index (χ4n) is 2.19. The summed E-state index contributed by atoms with van der Waals surface area (Å²) in [5.41, 5.74) is 1.66. The molecule has 0 aromatic heterocycles. The normalized spacial score (nSPS) is 17.8. The number of aromatic hydroxyl groups is 1. The average molecular weight is 330 g/mol. The first-order chi connectivity index (χ1) is 10.6. The van der Waals surface area contributed by atoms with Crippen molar-refractivity contribution in [1.82, 2.24) is 0 Å². The number of thiocarbonyl (C=S) groups is 1. The number of hydrogen-bond acceptors (Lipinski definition) is 5. The van der Waals surface area contributed by atoms with E-state index in [1.54, 1.807) is 29.2 Å². The van der Waals surface area contributed by atoms with Gasteiger partial charge in [-0.05, 0) is 36.4 Å². The molecule has 1 atom stereocenters. The minimum atomic E-state index is -0.249. The number of carbonyl (C=O) groups excluding carboxylic acids is 1. The van der Waals surface area contributed by atoms with E-state index in [1.807, 2.05) is 30.3 Å². The van der Waals surface area contributed by atoms with E-state index in [0.29, 0.717) is 10.9 Å². The van der Waals surface area contributed by atoms with E-state index in [2.05, 4.69) is 5.32 Å². The van der Waals surface area contributed by atoms with E-state index in [0.717, 1.165) is 11.4 Å². The Morgan fingerprint density at radius 3 is 2.50 bits per heavy atom. The second-order valence-electron chi connectivity index (χ2n) is 4.81. The van der Waals surface area contributed by atoms with Gasteiger partial charge >= 0.3 is 0 Å². The van der Waals surface area contributed by atoms with Crippen LogP contribution in [0.5, 0.6) is 5.75 Å². The highest BCUT2D eigenvalue weighted by atomic mass is 32.2. The zero-order valence-electron chi connectivity index (χ0n) is 11.6. The first kappa shape index (κ1) is 14.9. The van der Waals surface area contributed by atoms with Gasteiger partial charge in [-0.2, -0.15) is 0 Å². The Morgan fingerprint density at radius 1 is 1.14 bits per heavy atom. The number of benzene rings is 2. The molecule has 1 aliphatic rings. The molecular weight excluding hydrogens is 316 g/mol. The third kappa shape index (κ3) is 3.08. The van der Waals surface area contributed by atoms with Crippen LogP contribution in [0.1, 0.15) is 0 Å². The van der Waals surface area contributed by atoms with E-state index >= 15 is 0 Å². The maximum atomic E-state index is 12.5. The predicted octanol–water partition coefficient (Wildman–Crippen LogP) is 3.24. The maximum absolute atomic E-state index is 12.5.